The summed E-state index contributed by atoms with van der Waals surface area (Å²) in [6, 6.07) is 0. The molecule has 1 aliphatic heterocycles. The Kier molecular flexibility index (Phi) is 2.87. The van der Waals surface area contributed by atoms with E-state index in [1.54, 1.807) is 5.51 Å². The van der Waals surface area contributed by atoms with Crippen LogP contribution in [0.15, 0.2) is 15.4 Å². The van der Waals surface area contributed by atoms with Crippen LogP contribution in [-0.4, -0.2) is 27.8 Å². The lowest BCUT2D eigenvalue weighted by atomic mass is 10.2. The average Bonchev–Trinajstić information content (AvgIpc) is 3.09. The highest BCUT2D eigenvalue weighted by Gasteiger charge is 2.30. The predicted octanol–water partition coefficient (Wildman–Crippen LogP) is 1.37. The van der Waals surface area contributed by atoms with Crippen molar-refractivity contribution >= 4 is 11.3 Å². The third-order valence-electron chi connectivity index (χ3n) is 2.75. The second-order valence-corrected chi connectivity index (χ2v) is 4.61. The van der Waals surface area contributed by atoms with E-state index in [0.717, 1.165) is 18.5 Å². The minimum absolute atomic E-state index is 0.106. The summed E-state index contributed by atoms with van der Waals surface area (Å²) in [5.41, 5.74) is 8.03. The molecule has 2 atom stereocenters. The van der Waals surface area contributed by atoms with Crippen molar-refractivity contribution in [3.8, 4) is 11.5 Å². The number of nitrogens with two attached hydrogens (primary N) is 1. The third-order valence-corrected chi connectivity index (χ3v) is 3.34. The first-order valence-electron chi connectivity index (χ1n) is 5.44. The quantitative estimate of drug-likeness (QED) is 0.887. The van der Waals surface area contributed by atoms with Crippen LogP contribution in [0.4, 0.5) is 0 Å². The van der Waals surface area contributed by atoms with Crippen LogP contribution in [0.2, 0.25) is 0 Å². The summed E-state index contributed by atoms with van der Waals surface area (Å²) in [5.74, 6) is 1.03. The highest BCUT2D eigenvalue weighted by atomic mass is 32.1. The highest BCUT2D eigenvalue weighted by Crippen LogP contribution is 2.32. The topological polar surface area (TPSA) is 87.1 Å². The molecule has 17 heavy (non-hydrogen) atoms. The number of rotatable bonds is 3. The number of thiazole rings is 1. The first-order valence-corrected chi connectivity index (χ1v) is 6.39. The van der Waals surface area contributed by atoms with E-state index >= 15 is 0 Å². The van der Waals surface area contributed by atoms with Crippen molar-refractivity contribution in [1.82, 2.24) is 15.1 Å². The zero-order valence-corrected chi connectivity index (χ0v) is 9.89. The molecule has 0 amide bonds. The van der Waals surface area contributed by atoms with Gasteiger partial charge in [0.1, 0.15) is 11.8 Å². The van der Waals surface area contributed by atoms with Gasteiger partial charge in [-0.3, -0.25) is 0 Å². The highest BCUT2D eigenvalue weighted by molar-refractivity contribution is 7.07. The fourth-order valence-corrected chi connectivity index (χ4v) is 2.38. The number of hydrogen-bond acceptors (Lipinski definition) is 7. The summed E-state index contributed by atoms with van der Waals surface area (Å²) < 4.78 is 10.9. The molecule has 1 saturated heterocycles. The van der Waals surface area contributed by atoms with Gasteiger partial charge in [0.2, 0.25) is 5.82 Å². The largest absolute Gasteiger partial charge is 0.364 e. The Bertz CT molecular complexity index is 484. The Labute approximate surface area is 102 Å². The van der Waals surface area contributed by atoms with Crippen LogP contribution < -0.4 is 5.73 Å². The van der Waals surface area contributed by atoms with Gasteiger partial charge in [-0.25, -0.2) is 4.98 Å². The molecule has 0 aliphatic carbocycles. The second-order valence-electron chi connectivity index (χ2n) is 3.89. The van der Waals surface area contributed by atoms with E-state index in [9.17, 15) is 0 Å². The van der Waals surface area contributed by atoms with E-state index in [1.807, 2.05) is 5.38 Å². The average molecular weight is 252 g/mol. The lowest BCUT2D eigenvalue weighted by Crippen LogP contribution is -2.18. The Morgan fingerprint density at radius 3 is 3.12 bits per heavy atom. The molecule has 2 aromatic rings. The van der Waals surface area contributed by atoms with Crippen LogP contribution in [0, 0.1) is 0 Å². The first-order chi connectivity index (χ1) is 8.36. The molecule has 0 aromatic carbocycles. The number of nitrogens with zero attached hydrogens (tertiary/aromatic N) is 3. The van der Waals surface area contributed by atoms with Crippen molar-refractivity contribution < 1.29 is 9.26 Å². The van der Waals surface area contributed by atoms with Gasteiger partial charge >= 0.3 is 0 Å². The van der Waals surface area contributed by atoms with E-state index < -0.39 is 0 Å². The van der Waals surface area contributed by atoms with E-state index in [0.29, 0.717) is 18.3 Å². The summed E-state index contributed by atoms with van der Waals surface area (Å²) >= 11 is 1.50. The lowest BCUT2D eigenvalue weighted by molar-refractivity contribution is 0.0307. The fraction of sp³-hybridized carbons (Fsp3) is 0.500. The molecule has 3 rings (SSSR count). The van der Waals surface area contributed by atoms with Gasteiger partial charge < -0.3 is 15.0 Å². The molecule has 1 aliphatic rings. The van der Waals surface area contributed by atoms with Crippen molar-refractivity contribution in [3.05, 3.63) is 16.8 Å². The molecule has 0 bridgehead atoms. The van der Waals surface area contributed by atoms with Crippen LogP contribution in [0.1, 0.15) is 24.8 Å². The van der Waals surface area contributed by atoms with Crippen LogP contribution in [0.5, 0.6) is 0 Å². The van der Waals surface area contributed by atoms with Gasteiger partial charge in [-0.1, -0.05) is 5.16 Å². The predicted molar refractivity (Wildman–Crippen MR) is 61.3 cm³/mol. The minimum atomic E-state index is -0.122. The zero-order chi connectivity index (χ0) is 11.7. The van der Waals surface area contributed by atoms with Gasteiger partial charge in [0.05, 0.1) is 11.6 Å². The van der Waals surface area contributed by atoms with Crippen LogP contribution in [0.3, 0.4) is 0 Å². The Hall–Kier alpha value is -1.31. The molecule has 2 aromatic heterocycles. The molecule has 3 heterocycles. The summed E-state index contributed by atoms with van der Waals surface area (Å²) in [5, 5.41) is 5.78. The maximum Gasteiger partial charge on any atom is 0.256 e. The maximum absolute atomic E-state index is 5.69. The number of hydrogen-bond donors (Lipinski definition) is 1. The van der Waals surface area contributed by atoms with Crippen molar-refractivity contribution in [1.29, 1.82) is 0 Å². The monoisotopic (exact) mass is 252 g/mol. The van der Waals surface area contributed by atoms with Gasteiger partial charge in [0.25, 0.3) is 5.89 Å². The number of aromatic nitrogens is 3. The van der Waals surface area contributed by atoms with Crippen LogP contribution in [-0.2, 0) is 4.74 Å². The molecule has 0 saturated carbocycles. The van der Waals surface area contributed by atoms with E-state index in [1.165, 1.54) is 11.3 Å². The smallest absolute Gasteiger partial charge is 0.256 e. The maximum atomic E-state index is 5.69. The van der Waals surface area contributed by atoms with E-state index in [2.05, 4.69) is 15.1 Å². The van der Waals surface area contributed by atoms with Crippen molar-refractivity contribution in [3.63, 3.8) is 0 Å². The van der Waals surface area contributed by atoms with E-state index in [4.69, 9.17) is 15.0 Å². The molecule has 6 nitrogen and oxygen atoms in total. The molecular weight excluding hydrogens is 240 g/mol. The van der Waals surface area contributed by atoms with Crippen LogP contribution in [0.25, 0.3) is 11.5 Å². The number of ether oxygens (including phenoxy) is 1. The molecule has 1 fully saturated rings. The summed E-state index contributed by atoms with van der Waals surface area (Å²) in [6.07, 6.45) is 1.80. The van der Waals surface area contributed by atoms with Crippen LogP contribution >= 0.6 is 11.3 Å². The summed E-state index contributed by atoms with van der Waals surface area (Å²) in [6.45, 7) is 0.531. The normalized spacial score (nSPS) is 24.3. The molecule has 0 radical (unpaired) electrons. The zero-order valence-electron chi connectivity index (χ0n) is 9.07. The van der Waals surface area contributed by atoms with Gasteiger partial charge in [0.15, 0.2) is 0 Å². The second kappa shape index (κ2) is 4.52. The fourth-order valence-electron chi connectivity index (χ4n) is 1.85. The van der Waals surface area contributed by atoms with Crippen molar-refractivity contribution in [2.75, 3.05) is 6.54 Å². The summed E-state index contributed by atoms with van der Waals surface area (Å²) in [7, 11) is 0. The standard InChI is InChI=1S/C10H12N4O2S/c11-3-6-1-2-8(15-6)10-13-9(14-16-10)7-4-17-5-12-7/h4-6,8H,1-3,11H2. The molecule has 2 N–H and O–H groups in total. The molecule has 0 spiro atoms. The van der Waals surface area contributed by atoms with E-state index in [-0.39, 0.29) is 12.2 Å². The van der Waals surface area contributed by atoms with Gasteiger partial charge in [-0.05, 0) is 12.8 Å². The van der Waals surface area contributed by atoms with Gasteiger partial charge in [-0.2, -0.15) is 4.98 Å². The Balaban J connectivity index is 1.77. The van der Waals surface area contributed by atoms with Crippen molar-refractivity contribution in [2.45, 2.75) is 25.0 Å². The third kappa shape index (κ3) is 2.08. The van der Waals surface area contributed by atoms with Crippen molar-refractivity contribution in [2.24, 2.45) is 5.73 Å². The molecule has 2 unspecified atom stereocenters. The molecule has 7 heteroatoms. The Morgan fingerprint density at radius 2 is 2.41 bits per heavy atom. The molecule has 90 valence electrons. The minimum Gasteiger partial charge on any atom is -0.364 e. The molecular formula is C10H12N4O2S. The SMILES string of the molecule is NCC1CCC(c2nc(-c3cscn3)no2)O1. The summed E-state index contributed by atoms with van der Waals surface area (Å²) in [4.78, 5) is 8.43. The van der Waals surface area contributed by atoms with Gasteiger partial charge in [-0.15, -0.1) is 11.3 Å². The first kappa shape index (κ1) is 10.8. The van der Waals surface area contributed by atoms with Gasteiger partial charge in [0, 0.05) is 11.9 Å². The Morgan fingerprint density at radius 1 is 1.47 bits per heavy atom. The lowest BCUT2D eigenvalue weighted by Gasteiger charge is -2.07.